The minimum absolute atomic E-state index is 0.000191. The van der Waals surface area contributed by atoms with Crippen LogP contribution in [0.3, 0.4) is 0 Å². The molecule has 2 heterocycles. The van der Waals surface area contributed by atoms with Gasteiger partial charge in [-0.1, -0.05) is 71.7 Å². The molecule has 1 aliphatic rings. The zero-order chi connectivity index (χ0) is 26.5. The number of carbonyl (C=O) groups is 1. The molecule has 0 aliphatic carbocycles. The second-order valence-electron chi connectivity index (χ2n) is 9.56. The third-order valence-electron chi connectivity index (χ3n) is 7.00. The smallest absolute Gasteiger partial charge is 0.326 e. The number of amides is 1. The van der Waals surface area contributed by atoms with E-state index < -0.39 is 6.04 Å². The number of nitrogens with zero attached hydrogens (tertiary/aromatic N) is 2. The molecule has 2 N–H and O–H groups in total. The number of benzene rings is 3. The Balaban J connectivity index is 1.23. The number of hydrogen-bond donors (Lipinski definition) is 2. The van der Waals surface area contributed by atoms with Gasteiger partial charge in [-0.3, -0.25) is 14.7 Å². The van der Waals surface area contributed by atoms with Crippen molar-refractivity contribution >= 4 is 40.1 Å². The summed E-state index contributed by atoms with van der Waals surface area (Å²) in [5.41, 5.74) is 3.61. The molecule has 1 amide bonds. The number of hydrogen-bond acceptors (Lipinski definition) is 4. The largest absolute Gasteiger partial charge is 0.375 e. The number of para-hydroxylation sites is 2. The highest BCUT2D eigenvalue weighted by Gasteiger charge is 2.30. The normalized spacial score (nSPS) is 15.2. The van der Waals surface area contributed by atoms with Crippen molar-refractivity contribution in [3.63, 3.8) is 0 Å². The van der Waals surface area contributed by atoms with Crippen LogP contribution in [0, 0.1) is 0 Å². The fraction of sp³-hybridized carbons (Fsp3) is 0.310. The summed E-state index contributed by atoms with van der Waals surface area (Å²) in [5.74, 6) is -0.000191. The van der Waals surface area contributed by atoms with Crippen LogP contribution < -0.4 is 11.0 Å². The summed E-state index contributed by atoms with van der Waals surface area (Å²) in [4.78, 5) is 31.1. The van der Waals surface area contributed by atoms with Gasteiger partial charge < -0.3 is 14.6 Å². The van der Waals surface area contributed by atoms with Crippen molar-refractivity contribution in [2.24, 2.45) is 0 Å². The van der Waals surface area contributed by atoms with E-state index in [2.05, 4.69) is 10.3 Å². The van der Waals surface area contributed by atoms with Crippen molar-refractivity contribution in [3.05, 3.63) is 104 Å². The van der Waals surface area contributed by atoms with E-state index in [1.54, 1.807) is 12.1 Å². The van der Waals surface area contributed by atoms with Gasteiger partial charge in [0.05, 0.1) is 34.3 Å². The van der Waals surface area contributed by atoms with E-state index in [4.69, 9.17) is 27.9 Å². The number of nitrogens with one attached hydrogen (secondary N) is 2. The van der Waals surface area contributed by atoms with Gasteiger partial charge >= 0.3 is 5.69 Å². The number of imidazole rings is 1. The second-order valence-corrected chi connectivity index (χ2v) is 10.4. The number of ether oxygens (including phenoxy) is 1. The minimum atomic E-state index is -0.509. The average Bonchev–Trinajstić information content (AvgIpc) is 3.28. The highest BCUT2D eigenvalue weighted by molar-refractivity contribution is 6.42. The number of aromatic nitrogens is 2. The lowest BCUT2D eigenvalue weighted by molar-refractivity contribution is -0.136. The number of carbonyl (C=O) groups excluding carboxylic acids is 1. The summed E-state index contributed by atoms with van der Waals surface area (Å²) in [6.07, 6.45) is 1.42. The molecule has 0 bridgehead atoms. The SMILES string of the molecule is O=C([C@H](COCc1ccc(Cl)c(Cl)c1)NCc1ccccc1)N1CCC(n2c(=O)[nH]c3ccccc32)CC1. The number of piperidine rings is 1. The molecule has 1 aromatic heterocycles. The Labute approximate surface area is 231 Å². The lowest BCUT2D eigenvalue weighted by Crippen LogP contribution is -2.51. The second kappa shape index (κ2) is 12.2. The molecule has 7 nitrogen and oxygen atoms in total. The maximum atomic E-state index is 13.6. The Morgan fingerprint density at radius 1 is 0.974 bits per heavy atom. The summed E-state index contributed by atoms with van der Waals surface area (Å²) in [5, 5.41) is 4.35. The maximum Gasteiger partial charge on any atom is 0.326 e. The van der Waals surface area contributed by atoms with E-state index in [0.29, 0.717) is 49.1 Å². The molecule has 38 heavy (non-hydrogen) atoms. The average molecular weight is 553 g/mol. The molecule has 9 heteroatoms. The van der Waals surface area contributed by atoms with Crippen LogP contribution in [0.1, 0.15) is 30.0 Å². The summed E-state index contributed by atoms with van der Waals surface area (Å²) < 4.78 is 7.80. The lowest BCUT2D eigenvalue weighted by Gasteiger charge is -2.35. The quantitative estimate of drug-likeness (QED) is 0.300. The molecule has 0 unspecified atom stereocenters. The van der Waals surface area contributed by atoms with Crippen LogP contribution in [-0.4, -0.2) is 46.1 Å². The maximum absolute atomic E-state index is 13.6. The first kappa shape index (κ1) is 26.5. The zero-order valence-corrected chi connectivity index (χ0v) is 22.4. The van der Waals surface area contributed by atoms with E-state index in [-0.39, 0.29) is 24.2 Å². The molecule has 0 saturated carbocycles. The third-order valence-corrected chi connectivity index (χ3v) is 7.74. The van der Waals surface area contributed by atoms with Gasteiger partial charge in [0.1, 0.15) is 6.04 Å². The predicted octanol–water partition coefficient (Wildman–Crippen LogP) is 5.18. The molecule has 198 valence electrons. The van der Waals surface area contributed by atoms with Crippen molar-refractivity contribution in [3.8, 4) is 0 Å². The van der Waals surface area contributed by atoms with Gasteiger partial charge in [-0.05, 0) is 48.2 Å². The fourth-order valence-electron chi connectivity index (χ4n) is 4.98. The van der Waals surface area contributed by atoms with Crippen LogP contribution >= 0.6 is 23.2 Å². The topological polar surface area (TPSA) is 79.4 Å². The van der Waals surface area contributed by atoms with Crippen molar-refractivity contribution in [1.82, 2.24) is 19.8 Å². The summed E-state index contributed by atoms with van der Waals surface area (Å²) in [6.45, 7) is 2.24. The predicted molar refractivity (Wildman–Crippen MR) is 151 cm³/mol. The first-order valence-electron chi connectivity index (χ1n) is 12.8. The number of fused-ring (bicyclic) bond motifs is 1. The molecular weight excluding hydrogens is 523 g/mol. The Morgan fingerprint density at radius 2 is 1.71 bits per heavy atom. The number of halogens is 2. The standard InChI is InChI=1S/C29H30Cl2N4O3/c30-23-11-10-21(16-24(23)31)18-38-19-26(32-17-20-6-2-1-3-7-20)28(36)34-14-12-22(13-15-34)35-27-9-5-4-8-25(27)33-29(35)37/h1-11,16,22,26,32H,12-15,17-19H2,(H,33,37)/t26-/m0/s1. The van der Waals surface area contributed by atoms with E-state index in [0.717, 1.165) is 22.2 Å². The fourth-order valence-corrected chi connectivity index (χ4v) is 5.30. The van der Waals surface area contributed by atoms with Crippen LogP contribution in [0.5, 0.6) is 0 Å². The monoisotopic (exact) mass is 552 g/mol. The number of aromatic amines is 1. The van der Waals surface area contributed by atoms with Crippen LogP contribution in [-0.2, 0) is 22.7 Å². The molecule has 1 aliphatic heterocycles. The van der Waals surface area contributed by atoms with Crippen molar-refractivity contribution in [2.75, 3.05) is 19.7 Å². The Kier molecular flexibility index (Phi) is 8.49. The van der Waals surface area contributed by atoms with Crippen LogP contribution in [0.25, 0.3) is 11.0 Å². The number of likely N-dealkylation sites (tertiary alicyclic amines) is 1. The third kappa shape index (κ3) is 6.13. The van der Waals surface area contributed by atoms with Gasteiger partial charge in [-0.25, -0.2) is 4.79 Å². The highest BCUT2D eigenvalue weighted by atomic mass is 35.5. The van der Waals surface area contributed by atoms with Gasteiger partial charge in [-0.2, -0.15) is 0 Å². The molecule has 5 rings (SSSR count). The molecule has 1 saturated heterocycles. The summed E-state index contributed by atoms with van der Waals surface area (Å²) in [7, 11) is 0. The van der Waals surface area contributed by atoms with Gasteiger partial charge in [0.2, 0.25) is 5.91 Å². The molecule has 0 radical (unpaired) electrons. The lowest BCUT2D eigenvalue weighted by atomic mass is 10.0. The first-order valence-corrected chi connectivity index (χ1v) is 13.5. The molecule has 4 aromatic rings. The Hall–Kier alpha value is -3.10. The van der Waals surface area contributed by atoms with Gasteiger partial charge in [0.25, 0.3) is 0 Å². The Morgan fingerprint density at radius 3 is 2.47 bits per heavy atom. The van der Waals surface area contributed by atoms with E-state index in [1.165, 1.54) is 0 Å². The number of H-pyrrole nitrogens is 1. The molecule has 3 aromatic carbocycles. The van der Waals surface area contributed by atoms with Crippen LogP contribution in [0.4, 0.5) is 0 Å². The summed E-state index contributed by atoms with van der Waals surface area (Å²) >= 11 is 12.2. The Bertz CT molecular complexity index is 1450. The van der Waals surface area contributed by atoms with E-state index in [1.807, 2.05) is 70.1 Å². The van der Waals surface area contributed by atoms with Crippen molar-refractivity contribution in [2.45, 2.75) is 38.1 Å². The summed E-state index contributed by atoms with van der Waals surface area (Å²) in [6, 6.07) is 22.6. The minimum Gasteiger partial charge on any atom is -0.375 e. The van der Waals surface area contributed by atoms with E-state index in [9.17, 15) is 9.59 Å². The molecule has 1 fully saturated rings. The van der Waals surface area contributed by atoms with Crippen molar-refractivity contribution in [1.29, 1.82) is 0 Å². The van der Waals surface area contributed by atoms with Crippen LogP contribution in [0.2, 0.25) is 10.0 Å². The van der Waals surface area contributed by atoms with Crippen molar-refractivity contribution < 1.29 is 9.53 Å². The zero-order valence-electron chi connectivity index (χ0n) is 20.9. The van der Waals surface area contributed by atoms with Crippen LogP contribution in [0.15, 0.2) is 77.6 Å². The van der Waals surface area contributed by atoms with Gasteiger partial charge in [0.15, 0.2) is 0 Å². The molecular formula is C29H30Cl2N4O3. The number of rotatable bonds is 9. The molecule has 1 atom stereocenters. The van der Waals surface area contributed by atoms with E-state index >= 15 is 0 Å². The first-order chi connectivity index (χ1) is 18.5. The molecule has 0 spiro atoms. The van der Waals surface area contributed by atoms with Gasteiger partial charge in [-0.15, -0.1) is 0 Å². The van der Waals surface area contributed by atoms with Gasteiger partial charge in [0, 0.05) is 25.7 Å². The highest BCUT2D eigenvalue weighted by Crippen LogP contribution is 2.26.